The Bertz CT molecular complexity index is 270. The van der Waals surface area contributed by atoms with Crippen LogP contribution in [0.4, 0.5) is 5.69 Å². The third kappa shape index (κ3) is 3.07. The van der Waals surface area contributed by atoms with Crippen LogP contribution in [-0.2, 0) is 0 Å². The molecule has 0 aliphatic carbocycles. The zero-order valence-corrected chi connectivity index (χ0v) is 9.85. The molecule has 0 heterocycles. The van der Waals surface area contributed by atoms with Crippen molar-refractivity contribution in [3.63, 3.8) is 0 Å². The first-order chi connectivity index (χ1) is 6.79. The van der Waals surface area contributed by atoms with Crippen molar-refractivity contribution in [2.24, 2.45) is 0 Å². The van der Waals surface area contributed by atoms with E-state index < -0.39 is 0 Å². The Kier molecular flexibility index (Phi) is 5.13. The molecular formula is C11H15Cl2N. The summed E-state index contributed by atoms with van der Waals surface area (Å²) in [6.07, 6.45) is 0. The molecule has 0 aromatic heterocycles. The van der Waals surface area contributed by atoms with Crippen molar-refractivity contribution in [1.82, 2.24) is 0 Å². The first kappa shape index (κ1) is 11.7. The Morgan fingerprint density at radius 1 is 1.07 bits per heavy atom. The molecule has 0 spiro atoms. The minimum atomic E-state index is 0.630. The molecule has 0 saturated carbocycles. The van der Waals surface area contributed by atoms with Gasteiger partial charge in [0.25, 0.3) is 0 Å². The highest BCUT2D eigenvalue weighted by molar-refractivity contribution is 6.18. The number of nitrogens with zero attached hydrogens (tertiary/aromatic N) is 1. The van der Waals surface area contributed by atoms with E-state index in [0.717, 1.165) is 13.1 Å². The Morgan fingerprint density at radius 3 is 2.14 bits per heavy atom. The van der Waals surface area contributed by atoms with E-state index in [-0.39, 0.29) is 0 Å². The summed E-state index contributed by atoms with van der Waals surface area (Å²) in [6.45, 7) is 3.79. The van der Waals surface area contributed by atoms with E-state index in [4.69, 9.17) is 23.2 Å². The summed E-state index contributed by atoms with van der Waals surface area (Å²) in [5, 5.41) is 0. The number of anilines is 1. The van der Waals surface area contributed by atoms with Gasteiger partial charge in [0.05, 0.1) is 0 Å². The van der Waals surface area contributed by atoms with Crippen LogP contribution < -0.4 is 4.90 Å². The summed E-state index contributed by atoms with van der Waals surface area (Å²) < 4.78 is 0. The SMILES string of the molecule is Cc1ccccc1N(CCCl)CCCl. The van der Waals surface area contributed by atoms with Gasteiger partial charge in [0.15, 0.2) is 0 Å². The van der Waals surface area contributed by atoms with Gasteiger partial charge in [0, 0.05) is 30.5 Å². The maximum absolute atomic E-state index is 5.75. The second-order valence-corrected chi connectivity index (χ2v) is 3.91. The lowest BCUT2D eigenvalue weighted by atomic mass is 10.2. The molecule has 0 atom stereocenters. The summed E-state index contributed by atoms with van der Waals surface area (Å²) >= 11 is 11.5. The number of alkyl halides is 2. The maximum atomic E-state index is 5.75. The fourth-order valence-electron chi connectivity index (χ4n) is 1.47. The van der Waals surface area contributed by atoms with Crippen molar-refractivity contribution in [3.05, 3.63) is 29.8 Å². The van der Waals surface area contributed by atoms with Crippen LogP contribution in [0.15, 0.2) is 24.3 Å². The van der Waals surface area contributed by atoms with Gasteiger partial charge in [-0.25, -0.2) is 0 Å². The van der Waals surface area contributed by atoms with E-state index >= 15 is 0 Å². The van der Waals surface area contributed by atoms with Crippen LogP contribution in [-0.4, -0.2) is 24.8 Å². The van der Waals surface area contributed by atoms with E-state index in [9.17, 15) is 0 Å². The zero-order chi connectivity index (χ0) is 10.4. The first-order valence-corrected chi connectivity index (χ1v) is 5.79. The summed E-state index contributed by atoms with van der Waals surface area (Å²) in [5.41, 5.74) is 2.50. The average molecular weight is 232 g/mol. The largest absolute Gasteiger partial charge is 0.369 e. The predicted octanol–water partition coefficient (Wildman–Crippen LogP) is 3.28. The molecule has 0 radical (unpaired) electrons. The van der Waals surface area contributed by atoms with E-state index in [1.165, 1.54) is 11.3 Å². The molecule has 0 bridgehead atoms. The molecular weight excluding hydrogens is 217 g/mol. The molecule has 0 aliphatic rings. The molecule has 1 rings (SSSR count). The molecule has 14 heavy (non-hydrogen) atoms. The molecule has 1 aromatic rings. The van der Waals surface area contributed by atoms with E-state index in [0.29, 0.717) is 11.8 Å². The van der Waals surface area contributed by atoms with Crippen molar-refractivity contribution in [2.45, 2.75) is 6.92 Å². The van der Waals surface area contributed by atoms with Gasteiger partial charge in [0.2, 0.25) is 0 Å². The number of hydrogen-bond acceptors (Lipinski definition) is 1. The Balaban J connectivity index is 2.81. The molecule has 1 nitrogen and oxygen atoms in total. The Labute approximate surface area is 95.6 Å². The fourth-order valence-corrected chi connectivity index (χ4v) is 1.88. The number of rotatable bonds is 5. The second kappa shape index (κ2) is 6.15. The lowest BCUT2D eigenvalue weighted by molar-refractivity contribution is 0.869. The Morgan fingerprint density at radius 2 is 1.64 bits per heavy atom. The molecule has 0 amide bonds. The van der Waals surface area contributed by atoms with Crippen LogP contribution in [0.3, 0.4) is 0 Å². The van der Waals surface area contributed by atoms with Gasteiger partial charge in [-0.1, -0.05) is 18.2 Å². The van der Waals surface area contributed by atoms with Gasteiger partial charge in [-0.2, -0.15) is 0 Å². The average Bonchev–Trinajstić information content (AvgIpc) is 2.18. The van der Waals surface area contributed by atoms with Crippen LogP contribution in [0, 0.1) is 6.92 Å². The van der Waals surface area contributed by atoms with Gasteiger partial charge < -0.3 is 4.90 Å². The third-order valence-electron chi connectivity index (χ3n) is 2.17. The topological polar surface area (TPSA) is 3.24 Å². The van der Waals surface area contributed by atoms with Gasteiger partial charge >= 0.3 is 0 Å². The molecule has 0 fully saturated rings. The smallest absolute Gasteiger partial charge is 0.0399 e. The second-order valence-electron chi connectivity index (χ2n) is 3.15. The van der Waals surface area contributed by atoms with Gasteiger partial charge in [-0.3, -0.25) is 0 Å². The summed E-state index contributed by atoms with van der Waals surface area (Å²) in [7, 11) is 0. The summed E-state index contributed by atoms with van der Waals surface area (Å²) in [4.78, 5) is 2.22. The predicted molar refractivity (Wildman–Crippen MR) is 64.8 cm³/mol. The highest BCUT2D eigenvalue weighted by Gasteiger charge is 2.06. The number of halogens is 2. The number of para-hydroxylation sites is 1. The van der Waals surface area contributed by atoms with Crippen LogP contribution in [0.2, 0.25) is 0 Å². The molecule has 0 N–H and O–H groups in total. The zero-order valence-electron chi connectivity index (χ0n) is 8.34. The van der Waals surface area contributed by atoms with Crippen molar-refractivity contribution in [2.75, 3.05) is 29.7 Å². The molecule has 3 heteroatoms. The fraction of sp³-hybridized carbons (Fsp3) is 0.455. The highest BCUT2D eigenvalue weighted by Crippen LogP contribution is 2.19. The maximum Gasteiger partial charge on any atom is 0.0399 e. The van der Waals surface area contributed by atoms with Crippen molar-refractivity contribution in [3.8, 4) is 0 Å². The Hall–Kier alpha value is -0.400. The lowest BCUT2D eigenvalue weighted by Crippen LogP contribution is -2.28. The summed E-state index contributed by atoms with van der Waals surface area (Å²) in [6, 6.07) is 8.29. The van der Waals surface area contributed by atoms with Crippen LogP contribution in [0.1, 0.15) is 5.56 Å². The number of hydrogen-bond donors (Lipinski definition) is 0. The minimum absolute atomic E-state index is 0.630. The standard InChI is InChI=1S/C11H15Cl2N/c1-10-4-2-3-5-11(10)14(8-6-12)9-7-13/h2-5H,6-9H2,1H3. The normalized spacial score (nSPS) is 10.2. The van der Waals surface area contributed by atoms with Gasteiger partial charge in [0.1, 0.15) is 0 Å². The molecule has 0 saturated heterocycles. The van der Waals surface area contributed by atoms with Crippen molar-refractivity contribution >= 4 is 28.9 Å². The van der Waals surface area contributed by atoms with E-state index in [1.807, 2.05) is 12.1 Å². The van der Waals surface area contributed by atoms with Crippen molar-refractivity contribution in [1.29, 1.82) is 0 Å². The van der Waals surface area contributed by atoms with Gasteiger partial charge in [-0.05, 0) is 18.6 Å². The first-order valence-electron chi connectivity index (χ1n) is 4.72. The van der Waals surface area contributed by atoms with E-state index in [1.54, 1.807) is 0 Å². The lowest BCUT2D eigenvalue weighted by Gasteiger charge is -2.24. The molecule has 0 aliphatic heterocycles. The van der Waals surface area contributed by atoms with E-state index in [2.05, 4.69) is 24.0 Å². The van der Waals surface area contributed by atoms with Crippen LogP contribution in [0.25, 0.3) is 0 Å². The third-order valence-corrected chi connectivity index (χ3v) is 2.50. The number of aryl methyl sites for hydroxylation is 1. The van der Waals surface area contributed by atoms with Gasteiger partial charge in [-0.15, -0.1) is 23.2 Å². The van der Waals surface area contributed by atoms with Crippen molar-refractivity contribution < 1.29 is 0 Å². The molecule has 0 unspecified atom stereocenters. The monoisotopic (exact) mass is 231 g/mol. The highest BCUT2D eigenvalue weighted by atomic mass is 35.5. The van der Waals surface area contributed by atoms with Crippen LogP contribution in [0.5, 0.6) is 0 Å². The molecule has 78 valence electrons. The van der Waals surface area contributed by atoms with Crippen LogP contribution >= 0.6 is 23.2 Å². The molecule has 1 aromatic carbocycles. The number of benzene rings is 1. The quantitative estimate of drug-likeness (QED) is 0.704. The minimum Gasteiger partial charge on any atom is -0.369 e. The summed E-state index contributed by atoms with van der Waals surface area (Å²) in [5.74, 6) is 1.26.